The molecule has 0 atom stereocenters. The van der Waals surface area contributed by atoms with Gasteiger partial charge in [-0.15, -0.1) is 0 Å². The van der Waals surface area contributed by atoms with Gasteiger partial charge in [0.05, 0.1) is 16.3 Å². The molecule has 0 spiro atoms. The van der Waals surface area contributed by atoms with Crippen molar-refractivity contribution in [2.24, 2.45) is 5.73 Å². The molecule has 0 saturated heterocycles. The first-order valence-corrected chi connectivity index (χ1v) is 7.25. The van der Waals surface area contributed by atoms with Crippen molar-refractivity contribution in [2.75, 3.05) is 5.73 Å². The summed E-state index contributed by atoms with van der Waals surface area (Å²) in [5.74, 6) is -0.369. The first-order chi connectivity index (χ1) is 10.8. The number of nitrogens with zero attached hydrogens (tertiary/aromatic N) is 2. The highest BCUT2D eigenvalue weighted by Crippen LogP contribution is 2.36. The van der Waals surface area contributed by atoms with Gasteiger partial charge < -0.3 is 16.6 Å². The van der Waals surface area contributed by atoms with Crippen LogP contribution in [0.2, 0.25) is 5.02 Å². The Morgan fingerprint density at radius 2 is 2.04 bits per heavy atom. The third kappa shape index (κ3) is 2.19. The van der Waals surface area contributed by atoms with E-state index in [9.17, 15) is 9.90 Å². The van der Waals surface area contributed by atoms with Crippen molar-refractivity contribution in [1.29, 1.82) is 0 Å². The monoisotopic (exact) mass is 330 g/mol. The number of nitrogen functional groups attached to an aromatic ring is 1. The Morgan fingerprint density at radius 3 is 2.70 bits per heavy atom. The Labute approximate surface area is 137 Å². The number of amides is 1. The summed E-state index contributed by atoms with van der Waals surface area (Å²) in [5.41, 5.74) is 14.4. The number of hydrogen-bond acceptors (Lipinski definition) is 4. The summed E-state index contributed by atoms with van der Waals surface area (Å²) in [4.78, 5) is 16.1. The second-order valence-corrected chi connectivity index (χ2v) is 5.80. The van der Waals surface area contributed by atoms with E-state index in [4.69, 9.17) is 23.1 Å². The van der Waals surface area contributed by atoms with Crippen molar-refractivity contribution >= 4 is 34.4 Å². The van der Waals surface area contributed by atoms with Crippen molar-refractivity contribution in [1.82, 2.24) is 9.55 Å². The molecule has 0 aliphatic carbocycles. The molecule has 3 rings (SSSR count). The second kappa shape index (κ2) is 5.17. The topological polar surface area (TPSA) is 107 Å². The number of aromatic nitrogens is 2. The van der Waals surface area contributed by atoms with E-state index in [2.05, 4.69) is 4.98 Å². The van der Waals surface area contributed by atoms with Gasteiger partial charge in [0.2, 0.25) is 0 Å². The van der Waals surface area contributed by atoms with Crippen LogP contribution in [0.1, 0.15) is 21.5 Å². The molecular weight excluding hydrogens is 316 g/mol. The first kappa shape index (κ1) is 15.2. The number of anilines is 1. The number of rotatable bonds is 2. The maximum absolute atomic E-state index is 11.8. The molecule has 0 fully saturated rings. The minimum atomic E-state index is -0.661. The SMILES string of the molecule is Cc1ccc(O)c(C)c1-n1c(N)c(C(N)=O)c2cc(Cl)cnc21. The van der Waals surface area contributed by atoms with Crippen molar-refractivity contribution in [3.8, 4) is 11.4 Å². The molecule has 6 nitrogen and oxygen atoms in total. The number of phenolic OH excluding ortho intramolecular Hbond substituents is 1. The number of nitrogens with two attached hydrogens (primary N) is 2. The maximum Gasteiger partial charge on any atom is 0.253 e. The molecule has 0 unspecified atom stereocenters. The van der Waals surface area contributed by atoms with Crippen LogP contribution >= 0.6 is 11.6 Å². The highest BCUT2D eigenvalue weighted by molar-refractivity contribution is 6.31. The van der Waals surface area contributed by atoms with Crippen molar-refractivity contribution < 1.29 is 9.90 Å². The molecule has 1 amide bonds. The lowest BCUT2D eigenvalue weighted by Crippen LogP contribution is -2.14. The van der Waals surface area contributed by atoms with Gasteiger partial charge in [-0.25, -0.2) is 4.98 Å². The largest absolute Gasteiger partial charge is 0.508 e. The molecule has 3 aromatic rings. The van der Waals surface area contributed by atoms with E-state index in [0.29, 0.717) is 27.3 Å². The normalized spacial score (nSPS) is 11.1. The lowest BCUT2D eigenvalue weighted by Gasteiger charge is -2.15. The minimum Gasteiger partial charge on any atom is -0.508 e. The van der Waals surface area contributed by atoms with Crippen LogP contribution in [0.3, 0.4) is 0 Å². The molecule has 0 saturated carbocycles. The fourth-order valence-corrected chi connectivity index (χ4v) is 2.97. The van der Waals surface area contributed by atoms with E-state index in [-0.39, 0.29) is 17.1 Å². The Morgan fingerprint density at radius 1 is 1.35 bits per heavy atom. The first-order valence-electron chi connectivity index (χ1n) is 6.87. The summed E-state index contributed by atoms with van der Waals surface area (Å²) < 4.78 is 1.62. The van der Waals surface area contributed by atoms with Crippen LogP contribution in [0.4, 0.5) is 5.82 Å². The van der Waals surface area contributed by atoms with Gasteiger partial charge in [-0.3, -0.25) is 9.36 Å². The Kier molecular flexibility index (Phi) is 3.41. The maximum atomic E-state index is 11.8. The van der Waals surface area contributed by atoms with E-state index in [0.717, 1.165) is 5.56 Å². The lowest BCUT2D eigenvalue weighted by atomic mass is 10.1. The summed E-state index contributed by atoms with van der Waals surface area (Å²) in [6.45, 7) is 3.65. The second-order valence-electron chi connectivity index (χ2n) is 5.36. The molecule has 2 aromatic heterocycles. The van der Waals surface area contributed by atoms with Crippen LogP contribution in [0.25, 0.3) is 16.7 Å². The predicted octanol–water partition coefficient (Wildman–Crippen LogP) is 2.68. The number of halogens is 1. The number of aryl methyl sites for hydroxylation is 1. The van der Waals surface area contributed by atoms with Gasteiger partial charge >= 0.3 is 0 Å². The van der Waals surface area contributed by atoms with Crippen LogP contribution in [-0.4, -0.2) is 20.6 Å². The van der Waals surface area contributed by atoms with Gasteiger partial charge in [0.25, 0.3) is 5.91 Å². The van der Waals surface area contributed by atoms with E-state index in [1.807, 2.05) is 6.92 Å². The van der Waals surface area contributed by atoms with Crippen LogP contribution < -0.4 is 11.5 Å². The number of primary amides is 1. The molecule has 118 valence electrons. The van der Waals surface area contributed by atoms with Crippen molar-refractivity contribution in [3.63, 3.8) is 0 Å². The summed E-state index contributed by atoms with van der Waals surface area (Å²) in [6.07, 6.45) is 1.47. The van der Waals surface area contributed by atoms with Crippen LogP contribution in [0, 0.1) is 13.8 Å². The zero-order valence-corrected chi connectivity index (χ0v) is 13.3. The molecule has 0 radical (unpaired) electrons. The molecule has 0 aliphatic rings. The fourth-order valence-electron chi connectivity index (χ4n) is 2.81. The van der Waals surface area contributed by atoms with Gasteiger partial charge in [-0.05, 0) is 31.5 Å². The number of benzene rings is 1. The van der Waals surface area contributed by atoms with E-state index < -0.39 is 5.91 Å². The number of hydrogen-bond donors (Lipinski definition) is 3. The average Bonchev–Trinajstić information content (AvgIpc) is 2.75. The fraction of sp³-hybridized carbons (Fsp3) is 0.125. The predicted molar refractivity (Wildman–Crippen MR) is 90.1 cm³/mol. The Hall–Kier alpha value is -2.73. The van der Waals surface area contributed by atoms with E-state index in [1.165, 1.54) is 6.20 Å². The zero-order valence-electron chi connectivity index (χ0n) is 12.6. The molecule has 7 heteroatoms. The number of fused-ring (bicyclic) bond motifs is 1. The summed E-state index contributed by atoms with van der Waals surface area (Å²) >= 11 is 5.99. The van der Waals surface area contributed by atoms with Crippen LogP contribution in [0.15, 0.2) is 24.4 Å². The highest BCUT2D eigenvalue weighted by atomic mass is 35.5. The molecule has 1 aromatic carbocycles. The third-order valence-corrected chi connectivity index (χ3v) is 4.09. The zero-order chi connectivity index (χ0) is 16.9. The van der Waals surface area contributed by atoms with E-state index in [1.54, 1.807) is 29.7 Å². The number of phenols is 1. The van der Waals surface area contributed by atoms with Gasteiger partial charge in [-0.1, -0.05) is 17.7 Å². The molecule has 2 heterocycles. The summed E-state index contributed by atoms with van der Waals surface area (Å²) in [7, 11) is 0. The van der Waals surface area contributed by atoms with Crippen LogP contribution in [0.5, 0.6) is 5.75 Å². The molecule has 0 aliphatic heterocycles. The molecule has 5 N–H and O–H groups in total. The molecule has 23 heavy (non-hydrogen) atoms. The highest BCUT2D eigenvalue weighted by Gasteiger charge is 2.23. The number of aromatic hydroxyl groups is 1. The van der Waals surface area contributed by atoms with Crippen molar-refractivity contribution in [3.05, 3.63) is 46.1 Å². The average molecular weight is 331 g/mol. The number of carbonyl (C=O) groups is 1. The van der Waals surface area contributed by atoms with Gasteiger partial charge in [0, 0.05) is 17.1 Å². The standard InChI is InChI=1S/C16H15ClN4O2/c1-7-3-4-11(22)8(2)13(7)21-14(18)12(15(19)23)10-5-9(17)6-20-16(10)21/h3-6,22H,18H2,1-2H3,(H2,19,23). The Balaban J connectivity index is 2.52. The van der Waals surface area contributed by atoms with E-state index >= 15 is 0 Å². The lowest BCUT2D eigenvalue weighted by molar-refractivity contribution is 0.100. The Bertz CT molecular complexity index is 963. The van der Waals surface area contributed by atoms with Gasteiger partial charge in [0.15, 0.2) is 0 Å². The quantitative estimate of drug-likeness (QED) is 0.671. The van der Waals surface area contributed by atoms with Crippen LogP contribution in [-0.2, 0) is 0 Å². The smallest absolute Gasteiger partial charge is 0.253 e. The summed E-state index contributed by atoms with van der Waals surface area (Å²) in [6, 6.07) is 4.97. The molecular formula is C16H15ClN4O2. The van der Waals surface area contributed by atoms with Crippen molar-refractivity contribution in [2.45, 2.75) is 13.8 Å². The summed E-state index contributed by atoms with van der Waals surface area (Å²) in [5, 5.41) is 10.9. The number of carbonyl (C=O) groups excluding carboxylic acids is 1. The van der Waals surface area contributed by atoms with Gasteiger partial charge in [0.1, 0.15) is 17.2 Å². The molecule has 0 bridgehead atoms. The minimum absolute atomic E-state index is 0.126. The third-order valence-electron chi connectivity index (χ3n) is 3.89. The number of pyridine rings is 1. The van der Waals surface area contributed by atoms with Gasteiger partial charge in [-0.2, -0.15) is 0 Å².